The average molecular weight is 345 g/mol. The van der Waals surface area contributed by atoms with Gasteiger partial charge in [-0.25, -0.2) is 13.1 Å². The fourth-order valence-corrected chi connectivity index (χ4v) is 5.64. The largest absolute Gasteiger partial charge is 0.315 e. The first kappa shape index (κ1) is 16.6. The van der Waals surface area contributed by atoms with Gasteiger partial charge in [-0.3, -0.25) is 0 Å². The Morgan fingerprint density at radius 2 is 1.81 bits per heavy atom. The van der Waals surface area contributed by atoms with Gasteiger partial charge < -0.3 is 5.32 Å². The van der Waals surface area contributed by atoms with Crippen LogP contribution < -0.4 is 10.0 Å². The van der Waals surface area contributed by atoms with Gasteiger partial charge in [0.25, 0.3) is 0 Å². The van der Waals surface area contributed by atoms with Crippen LogP contribution in [0, 0.1) is 6.92 Å². The number of nitrogens with one attached hydrogen (secondary N) is 2. The molecule has 0 radical (unpaired) electrons. The lowest BCUT2D eigenvalue weighted by Crippen LogP contribution is -2.23. The minimum atomic E-state index is -3.44. The van der Waals surface area contributed by atoms with Crippen molar-refractivity contribution < 1.29 is 8.42 Å². The number of sulfonamides is 1. The third-order valence-electron chi connectivity index (χ3n) is 3.07. The highest BCUT2D eigenvalue weighted by molar-refractivity contribution is 7.89. The highest BCUT2D eigenvalue weighted by atomic mass is 32.2. The number of hydrogen-bond donors (Lipinski definition) is 2. The minimum absolute atomic E-state index is 0.351. The van der Waals surface area contributed by atoms with E-state index in [4.69, 9.17) is 0 Å². The molecule has 0 amide bonds. The van der Waals surface area contributed by atoms with Gasteiger partial charge in [0, 0.05) is 32.6 Å². The summed E-state index contributed by atoms with van der Waals surface area (Å²) < 4.78 is 27.5. The molecule has 0 atom stereocenters. The summed E-state index contributed by atoms with van der Waals surface area (Å²) in [6, 6.07) is 5.79. The summed E-state index contributed by atoms with van der Waals surface area (Å²) >= 11 is 3.17. The molecule has 0 aliphatic heterocycles. The lowest BCUT2D eigenvalue weighted by Gasteiger charge is -2.04. The van der Waals surface area contributed by atoms with Gasteiger partial charge >= 0.3 is 0 Å². The van der Waals surface area contributed by atoms with Crippen molar-refractivity contribution in [1.29, 1.82) is 0 Å². The number of thiophene rings is 2. The van der Waals surface area contributed by atoms with Gasteiger partial charge in [-0.05, 0) is 38.6 Å². The molecule has 4 nitrogen and oxygen atoms in total. The molecular formula is C14H20N2O2S3. The topological polar surface area (TPSA) is 58.2 Å². The smallest absolute Gasteiger partial charge is 0.242 e. The zero-order valence-corrected chi connectivity index (χ0v) is 14.8. The summed E-state index contributed by atoms with van der Waals surface area (Å²) in [6.45, 7) is 4.98. The van der Waals surface area contributed by atoms with E-state index in [1.54, 1.807) is 17.4 Å². The maximum absolute atomic E-state index is 12.4. The fourth-order valence-electron chi connectivity index (χ4n) is 2.00. The normalized spacial score (nSPS) is 12.0. The molecule has 0 aromatic carbocycles. The van der Waals surface area contributed by atoms with E-state index in [1.165, 1.54) is 16.2 Å². The van der Waals surface area contributed by atoms with E-state index in [9.17, 15) is 8.42 Å². The Morgan fingerprint density at radius 3 is 2.43 bits per heavy atom. The van der Waals surface area contributed by atoms with Gasteiger partial charge in [0.1, 0.15) is 0 Å². The van der Waals surface area contributed by atoms with Crippen molar-refractivity contribution in [3.63, 3.8) is 0 Å². The summed E-state index contributed by atoms with van der Waals surface area (Å²) in [5.74, 6) is 0. The molecule has 21 heavy (non-hydrogen) atoms. The lowest BCUT2D eigenvalue weighted by molar-refractivity contribution is 0.581. The summed E-state index contributed by atoms with van der Waals surface area (Å²) in [4.78, 5) is 4.56. The quantitative estimate of drug-likeness (QED) is 0.812. The highest BCUT2D eigenvalue weighted by Crippen LogP contribution is 2.26. The molecule has 7 heteroatoms. The predicted molar refractivity (Wildman–Crippen MR) is 89.5 cm³/mol. The Bertz CT molecular complexity index is 702. The van der Waals surface area contributed by atoms with Gasteiger partial charge in [-0.1, -0.05) is 6.92 Å². The monoisotopic (exact) mass is 344 g/mol. The van der Waals surface area contributed by atoms with Crippen LogP contribution in [-0.4, -0.2) is 15.5 Å². The van der Waals surface area contributed by atoms with Crippen LogP contribution in [0.1, 0.15) is 26.4 Å². The van der Waals surface area contributed by atoms with Gasteiger partial charge in [0.2, 0.25) is 10.0 Å². The summed E-state index contributed by atoms with van der Waals surface area (Å²) in [7, 11) is -1.59. The second kappa shape index (κ2) is 7.02. The molecule has 2 aromatic rings. The molecule has 0 unspecified atom stereocenters. The van der Waals surface area contributed by atoms with Crippen LogP contribution in [0.5, 0.6) is 0 Å². The lowest BCUT2D eigenvalue weighted by atomic mass is 10.4. The molecule has 2 N–H and O–H groups in total. The molecule has 2 heterocycles. The minimum Gasteiger partial charge on any atom is -0.315 e. The van der Waals surface area contributed by atoms with Crippen molar-refractivity contribution in [3.8, 4) is 0 Å². The van der Waals surface area contributed by atoms with E-state index < -0.39 is 10.0 Å². The predicted octanol–water partition coefficient (Wildman–Crippen LogP) is 2.88. The van der Waals surface area contributed by atoms with E-state index in [0.717, 1.165) is 21.1 Å². The van der Waals surface area contributed by atoms with Crippen molar-refractivity contribution in [2.45, 2.75) is 38.3 Å². The molecule has 0 saturated heterocycles. The van der Waals surface area contributed by atoms with E-state index in [1.807, 2.05) is 20.0 Å². The molecule has 0 aliphatic carbocycles. The van der Waals surface area contributed by atoms with Crippen molar-refractivity contribution >= 4 is 32.7 Å². The third kappa shape index (κ3) is 4.14. The summed E-state index contributed by atoms with van der Waals surface area (Å²) in [6.07, 6.45) is 0.981. The zero-order valence-electron chi connectivity index (χ0n) is 12.4. The molecule has 0 spiro atoms. The van der Waals surface area contributed by atoms with Gasteiger partial charge in [-0.2, -0.15) is 0 Å². The Balaban J connectivity index is 2.10. The molecule has 116 valence electrons. The van der Waals surface area contributed by atoms with Crippen molar-refractivity contribution in [2.24, 2.45) is 0 Å². The standard InChI is InChI=1S/C14H20N2O2S3/c1-4-11-5-6-12(20-11)9-16-21(17,18)14-7-13(8-15-3)19-10(14)2/h5-7,15-16H,4,8-9H2,1-3H3. The Labute approximate surface area is 134 Å². The van der Waals surface area contributed by atoms with Crippen molar-refractivity contribution in [2.75, 3.05) is 7.05 Å². The second-order valence-electron chi connectivity index (χ2n) is 4.71. The average Bonchev–Trinajstić information content (AvgIpc) is 3.04. The molecular weight excluding hydrogens is 324 g/mol. The first-order valence-electron chi connectivity index (χ1n) is 6.77. The van der Waals surface area contributed by atoms with E-state index in [2.05, 4.69) is 23.0 Å². The highest BCUT2D eigenvalue weighted by Gasteiger charge is 2.19. The first-order valence-corrected chi connectivity index (χ1v) is 9.89. The van der Waals surface area contributed by atoms with Crippen LogP contribution in [0.25, 0.3) is 0 Å². The molecule has 0 fully saturated rings. The second-order valence-corrected chi connectivity index (χ2v) is 9.04. The van der Waals surface area contributed by atoms with Gasteiger partial charge in [0.05, 0.1) is 4.90 Å². The Hall–Kier alpha value is -0.730. The van der Waals surface area contributed by atoms with Crippen LogP contribution in [-0.2, 0) is 29.5 Å². The Morgan fingerprint density at radius 1 is 1.10 bits per heavy atom. The number of hydrogen-bond acceptors (Lipinski definition) is 5. The van der Waals surface area contributed by atoms with Crippen LogP contribution in [0.2, 0.25) is 0 Å². The third-order valence-corrected chi connectivity index (χ3v) is 7.00. The molecule has 2 rings (SSSR count). The van der Waals surface area contributed by atoms with E-state index in [0.29, 0.717) is 18.0 Å². The number of rotatable bonds is 7. The van der Waals surface area contributed by atoms with Crippen LogP contribution in [0.4, 0.5) is 0 Å². The summed E-state index contributed by atoms with van der Waals surface area (Å²) in [5, 5.41) is 3.04. The summed E-state index contributed by atoms with van der Waals surface area (Å²) in [5.41, 5.74) is 0. The SMILES string of the molecule is CCc1ccc(CNS(=O)(=O)c2cc(CNC)sc2C)s1. The van der Waals surface area contributed by atoms with Crippen molar-refractivity contribution in [3.05, 3.63) is 37.7 Å². The molecule has 0 saturated carbocycles. The zero-order chi connectivity index (χ0) is 15.5. The molecule has 0 bridgehead atoms. The Kier molecular flexibility index (Phi) is 5.56. The van der Waals surface area contributed by atoms with Crippen LogP contribution in [0.3, 0.4) is 0 Å². The van der Waals surface area contributed by atoms with Gasteiger partial charge in [0.15, 0.2) is 0 Å². The van der Waals surface area contributed by atoms with Crippen LogP contribution >= 0.6 is 22.7 Å². The maximum atomic E-state index is 12.4. The number of aryl methyl sites for hydroxylation is 2. The van der Waals surface area contributed by atoms with Gasteiger partial charge in [-0.15, -0.1) is 22.7 Å². The van der Waals surface area contributed by atoms with E-state index in [-0.39, 0.29) is 0 Å². The molecule has 2 aromatic heterocycles. The molecule has 0 aliphatic rings. The maximum Gasteiger partial charge on any atom is 0.242 e. The van der Waals surface area contributed by atoms with Crippen molar-refractivity contribution in [1.82, 2.24) is 10.0 Å². The van der Waals surface area contributed by atoms with E-state index >= 15 is 0 Å². The first-order chi connectivity index (χ1) is 9.96. The fraction of sp³-hybridized carbons (Fsp3) is 0.429. The van der Waals surface area contributed by atoms with Crippen LogP contribution in [0.15, 0.2) is 23.1 Å².